The minimum absolute atomic E-state index is 0.124. The summed E-state index contributed by atoms with van der Waals surface area (Å²) in [4.78, 5) is 26.8. The Bertz CT molecular complexity index is 1470. The van der Waals surface area contributed by atoms with Gasteiger partial charge in [0.25, 0.3) is 5.91 Å². The smallest absolute Gasteiger partial charge is 0.254 e. The Hall–Kier alpha value is -3.82. The van der Waals surface area contributed by atoms with Gasteiger partial charge in [-0.25, -0.2) is 9.97 Å². The maximum atomic E-state index is 12.9. The first-order valence-electron chi connectivity index (χ1n) is 12.6. The number of aliphatic hydroxyl groups excluding tert-OH is 1. The van der Waals surface area contributed by atoms with Gasteiger partial charge in [0.1, 0.15) is 11.5 Å². The Morgan fingerprint density at radius 3 is 2.86 bits per heavy atom. The Morgan fingerprint density at radius 1 is 1.16 bits per heavy atom. The van der Waals surface area contributed by atoms with Crippen LogP contribution in [-0.2, 0) is 18.3 Å². The monoisotopic (exact) mass is 498 g/mol. The molecule has 0 radical (unpaired) electrons. The number of ether oxygens (including phenoxy) is 1. The van der Waals surface area contributed by atoms with Crippen molar-refractivity contribution in [2.75, 3.05) is 19.0 Å². The molecule has 9 nitrogen and oxygen atoms in total. The Kier molecular flexibility index (Phi) is 6.10. The van der Waals surface area contributed by atoms with Crippen LogP contribution in [0.15, 0.2) is 49.1 Å². The van der Waals surface area contributed by atoms with Crippen LogP contribution in [0.25, 0.3) is 22.3 Å². The Morgan fingerprint density at radius 2 is 2.05 bits per heavy atom. The van der Waals surface area contributed by atoms with Gasteiger partial charge in [-0.05, 0) is 48.9 Å². The number of methoxy groups -OCH3 is 1. The predicted octanol–water partition coefficient (Wildman–Crippen LogP) is 3.91. The lowest BCUT2D eigenvalue weighted by Crippen LogP contribution is -2.31. The largest absolute Gasteiger partial charge is 0.393 e. The minimum Gasteiger partial charge on any atom is -0.393 e. The molecule has 0 aromatic carbocycles. The standard InChI is InChI=1S/C28H30N6O3/c1-34-10-8-20-19(7-9-29-27(20)34)26-21-13-32-28(36)25(21)22(14-31-26)33-24-6-4-17(12-30-24)16-3-5-23(35)18(11-16)15-37-2/h4,6-10,12,14,16,18,23,35H,3,5,11,13,15H2,1-2H3,(H,30,33)(H,32,36)/t16?,18-,23+/m1/s1. The SMILES string of the molecule is COC[C@H]1CC(c2ccc(Nc3cnc(-c4ccnc5c4ccn5C)c4c3C(=O)NC4)nc2)CC[C@@H]1O. The second-order valence-electron chi connectivity index (χ2n) is 9.97. The first-order chi connectivity index (χ1) is 18.0. The molecule has 190 valence electrons. The number of pyridine rings is 3. The number of fused-ring (bicyclic) bond motifs is 2. The molecule has 1 fully saturated rings. The number of amides is 1. The molecule has 37 heavy (non-hydrogen) atoms. The third-order valence-electron chi connectivity index (χ3n) is 7.70. The van der Waals surface area contributed by atoms with Crippen molar-refractivity contribution in [1.29, 1.82) is 0 Å². The number of anilines is 2. The second kappa shape index (κ2) is 9.57. The van der Waals surface area contributed by atoms with Crippen LogP contribution >= 0.6 is 0 Å². The Labute approximate surface area is 214 Å². The molecule has 1 unspecified atom stereocenters. The summed E-state index contributed by atoms with van der Waals surface area (Å²) in [6.07, 6.45) is 9.62. The van der Waals surface area contributed by atoms with Gasteiger partial charge >= 0.3 is 0 Å². The van der Waals surface area contributed by atoms with Crippen molar-refractivity contribution in [2.45, 2.75) is 37.8 Å². The number of carbonyl (C=O) groups excluding carboxylic acids is 1. The number of rotatable bonds is 6. The molecule has 9 heteroatoms. The maximum absolute atomic E-state index is 12.9. The van der Waals surface area contributed by atoms with E-state index in [0.29, 0.717) is 36.1 Å². The van der Waals surface area contributed by atoms with E-state index in [9.17, 15) is 9.90 Å². The highest BCUT2D eigenvalue weighted by molar-refractivity contribution is 6.06. The van der Waals surface area contributed by atoms with Gasteiger partial charge in [0, 0.05) is 61.7 Å². The molecule has 0 spiro atoms. The van der Waals surface area contributed by atoms with Crippen LogP contribution < -0.4 is 10.6 Å². The van der Waals surface area contributed by atoms with Crippen molar-refractivity contribution in [3.8, 4) is 11.3 Å². The number of aromatic nitrogens is 4. The average molecular weight is 499 g/mol. The molecule has 1 amide bonds. The predicted molar refractivity (Wildman–Crippen MR) is 141 cm³/mol. The van der Waals surface area contributed by atoms with Gasteiger partial charge in [-0.15, -0.1) is 0 Å². The van der Waals surface area contributed by atoms with Gasteiger partial charge in [0.2, 0.25) is 0 Å². The quantitative estimate of drug-likeness (QED) is 0.369. The van der Waals surface area contributed by atoms with Crippen LogP contribution in [0.4, 0.5) is 11.5 Å². The molecule has 2 aliphatic rings. The van der Waals surface area contributed by atoms with E-state index in [4.69, 9.17) is 9.72 Å². The molecule has 4 aromatic heterocycles. The molecule has 3 atom stereocenters. The first kappa shape index (κ1) is 23.6. The number of aliphatic hydroxyl groups is 1. The lowest BCUT2D eigenvalue weighted by molar-refractivity contribution is 0.0147. The molecule has 1 aliphatic heterocycles. The van der Waals surface area contributed by atoms with E-state index in [1.807, 2.05) is 42.2 Å². The van der Waals surface area contributed by atoms with E-state index in [0.717, 1.165) is 52.7 Å². The fourth-order valence-electron chi connectivity index (χ4n) is 5.74. The normalized spacial score (nSPS) is 21.2. The number of carbonyl (C=O) groups is 1. The highest BCUT2D eigenvalue weighted by Gasteiger charge is 2.31. The number of nitrogens with one attached hydrogen (secondary N) is 2. The van der Waals surface area contributed by atoms with Crippen LogP contribution in [-0.4, -0.2) is 50.4 Å². The van der Waals surface area contributed by atoms with Crippen LogP contribution in [0.2, 0.25) is 0 Å². The molecule has 1 saturated carbocycles. The first-order valence-corrected chi connectivity index (χ1v) is 12.6. The minimum atomic E-state index is -0.307. The molecule has 5 heterocycles. The van der Waals surface area contributed by atoms with E-state index in [1.54, 1.807) is 19.5 Å². The fraction of sp³-hybridized carbons (Fsp3) is 0.357. The second-order valence-corrected chi connectivity index (χ2v) is 9.97. The highest BCUT2D eigenvalue weighted by Crippen LogP contribution is 2.38. The van der Waals surface area contributed by atoms with Gasteiger partial charge < -0.3 is 25.0 Å². The van der Waals surface area contributed by atoms with Gasteiger partial charge in [-0.3, -0.25) is 9.78 Å². The number of nitrogens with zero attached hydrogens (tertiary/aromatic N) is 4. The summed E-state index contributed by atoms with van der Waals surface area (Å²) >= 11 is 0. The van der Waals surface area contributed by atoms with Crippen molar-refractivity contribution >= 4 is 28.4 Å². The van der Waals surface area contributed by atoms with Crippen LogP contribution in [0.5, 0.6) is 0 Å². The molecular formula is C28H30N6O3. The van der Waals surface area contributed by atoms with Gasteiger partial charge in [0.05, 0.1) is 35.9 Å². The van der Waals surface area contributed by atoms with E-state index < -0.39 is 0 Å². The van der Waals surface area contributed by atoms with Crippen LogP contribution in [0.3, 0.4) is 0 Å². The van der Waals surface area contributed by atoms with Crippen molar-refractivity contribution < 1.29 is 14.6 Å². The number of hydrogen-bond donors (Lipinski definition) is 3. The maximum Gasteiger partial charge on any atom is 0.254 e. The van der Waals surface area contributed by atoms with Crippen LogP contribution in [0, 0.1) is 5.92 Å². The summed E-state index contributed by atoms with van der Waals surface area (Å²) in [7, 11) is 3.64. The van der Waals surface area contributed by atoms with E-state index in [2.05, 4.69) is 26.7 Å². The van der Waals surface area contributed by atoms with Gasteiger partial charge in [0.15, 0.2) is 0 Å². The zero-order valence-electron chi connectivity index (χ0n) is 20.9. The van der Waals surface area contributed by atoms with E-state index in [-0.39, 0.29) is 17.9 Å². The lowest BCUT2D eigenvalue weighted by Gasteiger charge is -2.33. The molecule has 6 rings (SSSR count). The third-order valence-corrected chi connectivity index (χ3v) is 7.70. The number of aryl methyl sites for hydroxylation is 1. The summed E-state index contributed by atoms with van der Waals surface area (Å²) in [5.74, 6) is 1.01. The van der Waals surface area contributed by atoms with Crippen LogP contribution in [0.1, 0.15) is 46.7 Å². The van der Waals surface area contributed by atoms with E-state index >= 15 is 0 Å². The molecule has 0 saturated heterocycles. The van der Waals surface area contributed by atoms with Gasteiger partial charge in [-0.2, -0.15) is 0 Å². The van der Waals surface area contributed by atoms with Crippen molar-refractivity contribution in [1.82, 2.24) is 24.8 Å². The molecular weight excluding hydrogens is 468 g/mol. The molecule has 3 N–H and O–H groups in total. The summed E-state index contributed by atoms with van der Waals surface area (Å²) < 4.78 is 7.27. The molecule has 1 aliphatic carbocycles. The van der Waals surface area contributed by atoms with Crippen molar-refractivity contribution in [3.63, 3.8) is 0 Å². The van der Waals surface area contributed by atoms with E-state index in [1.165, 1.54) is 0 Å². The van der Waals surface area contributed by atoms with Crippen molar-refractivity contribution in [2.24, 2.45) is 13.0 Å². The summed E-state index contributed by atoms with van der Waals surface area (Å²) in [5.41, 5.74) is 5.86. The average Bonchev–Trinajstić information content (AvgIpc) is 3.49. The summed E-state index contributed by atoms with van der Waals surface area (Å²) in [6, 6.07) is 7.99. The summed E-state index contributed by atoms with van der Waals surface area (Å²) in [5, 5.41) is 17.5. The topological polar surface area (TPSA) is 114 Å². The zero-order chi connectivity index (χ0) is 25.5. The highest BCUT2D eigenvalue weighted by atomic mass is 16.5. The molecule has 0 bridgehead atoms. The summed E-state index contributed by atoms with van der Waals surface area (Å²) in [6.45, 7) is 0.987. The molecule has 4 aromatic rings. The van der Waals surface area contributed by atoms with Crippen molar-refractivity contribution in [3.05, 3.63) is 65.7 Å². The zero-order valence-corrected chi connectivity index (χ0v) is 20.9. The number of hydrogen-bond acceptors (Lipinski definition) is 7. The Balaban J connectivity index is 1.27. The fourth-order valence-corrected chi connectivity index (χ4v) is 5.74. The lowest BCUT2D eigenvalue weighted by atomic mass is 9.77. The third kappa shape index (κ3) is 4.24. The van der Waals surface area contributed by atoms with Gasteiger partial charge in [-0.1, -0.05) is 6.07 Å².